The molecule has 0 radical (unpaired) electrons. The van der Waals surface area contributed by atoms with Crippen LogP contribution in [0.1, 0.15) is 0 Å². The van der Waals surface area contributed by atoms with Gasteiger partial charge in [0, 0.05) is 4.47 Å². The molecule has 0 unspecified atom stereocenters. The maximum atomic E-state index is 8.74. The maximum absolute atomic E-state index is 8.74. The number of benzene rings is 1. The summed E-state index contributed by atoms with van der Waals surface area (Å²) in [5, 5.41) is 8.74. The molecule has 0 aromatic heterocycles. The van der Waals surface area contributed by atoms with Gasteiger partial charge in [-0.1, -0.05) is 15.9 Å². The van der Waals surface area contributed by atoms with Crippen molar-refractivity contribution in [3.05, 3.63) is 28.7 Å². The van der Waals surface area contributed by atoms with Gasteiger partial charge in [-0.25, -0.2) is 0 Å². The molecule has 1 aromatic rings. The molecule has 0 amide bonds. The largest absolute Gasteiger partial charge is 1.00 e. The average molecular weight is 196 g/mol. The van der Waals surface area contributed by atoms with Crippen LogP contribution in [0, 0.1) is 0 Å². The molecule has 0 aliphatic rings. The van der Waals surface area contributed by atoms with Crippen molar-refractivity contribution in [2.45, 2.75) is 0 Å². The van der Waals surface area contributed by atoms with Crippen molar-refractivity contribution in [1.29, 1.82) is 0 Å². The van der Waals surface area contributed by atoms with E-state index >= 15 is 0 Å². The maximum Gasteiger partial charge on any atom is 1.00 e. The summed E-state index contributed by atoms with van der Waals surface area (Å²) in [5.74, 6) is 0.299. The number of hydrogen-bond acceptors (Lipinski definition) is 1. The van der Waals surface area contributed by atoms with Gasteiger partial charge in [0.15, 0.2) is 0 Å². The molecule has 0 aliphatic heterocycles. The normalized spacial score (nSPS) is 8.11. The van der Waals surface area contributed by atoms with Gasteiger partial charge in [0.05, 0.1) is 0 Å². The van der Waals surface area contributed by atoms with Crippen LogP contribution in [-0.4, -0.2) is 5.11 Å². The molecule has 1 aromatic carbocycles. The Bertz CT molecular complexity index is 152. The predicted molar refractivity (Wildman–Crippen MR) is 35.8 cm³/mol. The first-order chi connectivity index (χ1) is 3.79. The Kier molecular flexibility index (Phi) is 4.58. The zero-order valence-corrected chi connectivity index (χ0v) is 8.72. The molecule has 0 fully saturated rings. The molecule has 1 rings (SSSR count). The zero-order valence-electron chi connectivity index (χ0n) is 5.13. The van der Waals surface area contributed by atoms with Crippen LogP contribution in [0.4, 0.5) is 0 Å². The standard InChI is InChI=1S/C6H5BrO.Na/c7-5-1-3-6(8)4-2-5;/h1-4,8H;/q;+1. The molecular weight excluding hydrogens is 191 g/mol. The van der Waals surface area contributed by atoms with Crippen molar-refractivity contribution in [1.82, 2.24) is 0 Å². The summed E-state index contributed by atoms with van der Waals surface area (Å²) in [6, 6.07) is 6.83. The number of aromatic hydroxyl groups is 1. The van der Waals surface area contributed by atoms with Crippen molar-refractivity contribution in [2.24, 2.45) is 0 Å². The Morgan fingerprint density at radius 3 is 1.89 bits per heavy atom. The Hall–Kier alpha value is 0.500. The smallest absolute Gasteiger partial charge is 0.508 e. The second kappa shape index (κ2) is 4.34. The molecule has 0 saturated carbocycles. The molecule has 1 N–H and O–H groups in total. The first-order valence-corrected chi connectivity index (χ1v) is 3.03. The van der Waals surface area contributed by atoms with Crippen LogP contribution in [-0.2, 0) is 0 Å². The van der Waals surface area contributed by atoms with Crippen LogP contribution in [0.5, 0.6) is 5.75 Å². The van der Waals surface area contributed by atoms with Crippen LogP contribution < -0.4 is 29.6 Å². The van der Waals surface area contributed by atoms with Crippen LogP contribution in [0.25, 0.3) is 0 Å². The molecule has 3 heteroatoms. The summed E-state index contributed by atoms with van der Waals surface area (Å²) < 4.78 is 0.982. The van der Waals surface area contributed by atoms with Gasteiger partial charge >= 0.3 is 29.6 Å². The van der Waals surface area contributed by atoms with Gasteiger partial charge in [0.25, 0.3) is 0 Å². The SMILES string of the molecule is Oc1ccc(Br)cc1.[Na+]. The summed E-state index contributed by atoms with van der Waals surface area (Å²) in [5.41, 5.74) is 0. The van der Waals surface area contributed by atoms with Crippen LogP contribution in [0.15, 0.2) is 28.7 Å². The summed E-state index contributed by atoms with van der Waals surface area (Å²) >= 11 is 3.23. The molecular formula is C6H5BrNaO+. The molecule has 0 heterocycles. The molecule has 42 valence electrons. The Morgan fingerprint density at radius 1 is 1.11 bits per heavy atom. The molecule has 1 nitrogen and oxygen atoms in total. The quantitative estimate of drug-likeness (QED) is 0.536. The third-order valence-corrected chi connectivity index (χ3v) is 1.36. The predicted octanol–water partition coefficient (Wildman–Crippen LogP) is -0.841. The van der Waals surface area contributed by atoms with Gasteiger partial charge in [0.2, 0.25) is 0 Å². The summed E-state index contributed by atoms with van der Waals surface area (Å²) in [6.07, 6.45) is 0. The fraction of sp³-hybridized carbons (Fsp3) is 0. The second-order valence-electron chi connectivity index (χ2n) is 1.48. The van der Waals surface area contributed by atoms with E-state index in [-0.39, 0.29) is 29.6 Å². The van der Waals surface area contributed by atoms with Crippen molar-refractivity contribution in [2.75, 3.05) is 0 Å². The van der Waals surface area contributed by atoms with Gasteiger partial charge in [-0.15, -0.1) is 0 Å². The van der Waals surface area contributed by atoms with E-state index in [9.17, 15) is 0 Å². The number of hydrogen-bond donors (Lipinski definition) is 1. The Morgan fingerprint density at radius 2 is 1.56 bits per heavy atom. The van der Waals surface area contributed by atoms with Crippen LogP contribution in [0.2, 0.25) is 0 Å². The number of phenols is 1. The average Bonchev–Trinajstić information content (AvgIpc) is 1.77. The van der Waals surface area contributed by atoms with Crippen molar-refractivity contribution < 1.29 is 34.7 Å². The van der Waals surface area contributed by atoms with E-state index in [2.05, 4.69) is 15.9 Å². The molecule has 0 bridgehead atoms. The van der Waals surface area contributed by atoms with E-state index in [0.717, 1.165) is 4.47 Å². The minimum atomic E-state index is 0. The van der Waals surface area contributed by atoms with Crippen LogP contribution in [0.3, 0.4) is 0 Å². The van der Waals surface area contributed by atoms with Crippen molar-refractivity contribution in [3.8, 4) is 5.75 Å². The third-order valence-electron chi connectivity index (χ3n) is 0.827. The van der Waals surface area contributed by atoms with Gasteiger partial charge in [-0.3, -0.25) is 0 Å². The van der Waals surface area contributed by atoms with Gasteiger partial charge in [-0.05, 0) is 24.3 Å². The molecule has 0 spiro atoms. The fourth-order valence-electron chi connectivity index (χ4n) is 0.441. The first kappa shape index (κ1) is 9.50. The zero-order chi connectivity index (χ0) is 5.98. The summed E-state index contributed by atoms with van der Waals surface area (Å²) in [4.78, 5) is 0. The minimum absolute atomic E-state index is 0. The van der Waals surface area contributed by atoms with E-state index < -0.39 is 0 Å². The number of phenolic OH excluding ortho intramolecular Hbond substituents is 1. The van der Waals surface area contributed by atoms with E-state index in [4.69, 9.17) is 5.11 Å². The topological polar surface area (TPSA) is 20.2 Å². The van der Waals surface area contributed by atoms with Crippen LogP contribution >= 0.6 is 15.9 Å². The summed E-state index contributed by atoms with van der Waals surface area (Å²) in [6.45, 7) is 0. The molecule has 0 aliphatic carbocycles. The van der Waals surface area contributed by atoms with Gasteiger partial charge in [0.1, 0.15) is 5.75 Å². The van der Waals surface area contributed by atoms with Crippen molar-refractivity contribution >= 4 is 15.9 Å². The second-order valence-corrected chi connectivity index (χ2v) is 2.39. The van der Waals surface area contributed by atoms with E-state index in [1.54, 1.807) is 24.3 Å². The number of rotatable bonds is 0. The fourth-order valence-corrected chi connectivity index (χ4v) is 0.705. The molecule has 9 heavy (non-hydrogen) atoms. The van der Waals surface area contributed by atoms with Gasteiger partial charge in [-0.2, -0.15) is 0 Å². The van der Waals surface area contributed by atoms with E-state index in [0.29, 0.717) is 5.75 Å². The minimum Gasteiger partial charge on any atom is -0.508 e. The Labute approximate surface area is 84.5 Å². The first-order valence-electron chi connectivity index (χ1n) is 2.23. The Balaban J connectivity index is 0.000000640. The summed E-state index contributed by atoms with van der Waals surface area (Å²) in [7, 11) is 0. The van der Waals surface area contributed by atoms with Crippen molar-refractivity contribution in [3.63, 3.8) is 0 Å². The monoisotopic (exact) mass is 195 g/mol. The van der Waals surface area contributed by atoms with Gasteiger partial charge < -0.3 is 5.11 Å². The number of halogens is 1. The molecule has 0 saturated heterocycles. The third kappa shape index (κ3) is 3.26. The molecule has 0 atom stereocenters. The van der Waals surface area contributed by atoms with E-state index in [1.807, 2.05) is 0 Å². The van der Waals surface area contributed by atoms with E-state index in [1.165, 1.54) is 0 Å².